The summed E-state index contributed by atoms with van der Waals surface area (Å²) >= 11 is 3.26. The van der Waals surface area contributed by atoms with Gasteiger partial charge in [0, 0.05) is 25.2 Å². The maximum Gasteiger partial charge on any atom is 0.309 e. The topological polar surface area (TPSA) is 123 Å². The molecule has 0 aromatic heterocycles. The molecular formula is C16H22BrN3O7S. The Kier molecular flexibility index (Phi) is 8.34. The summed E-state index contributed by atoms with van der Waals surface area (Å²) < 4.78 is 42.7. The van der Waals surface area contributed by atoms with Crippen molar-refractivity contribution < 1.29 is 32.2 Å². The Balaban J connectivity index is 1.93. The van der Waals surface area contributed by atoms with E-state index in [1.54, 1.807) is 12.1 Å². The van der Waals surface area contributed by atoms with Crippen molar-refractivity contribution in [1.82, 2.24) is 14.9 Å². The molecule has 1 fully saturated rings. The Hall–Kier alpha value is -1.57. The first-order chi connectivity index (χ1) is 13.3. The molecule has 0 unspecified atom stereocenters. The molecule has 10 nitrogen and oxygen atoms in total. The van der Waals surface area contributed by atoms with Crippen LogP contribution in [0.1, 0.15) is 0 Å². The Morgan fingerprint density at radius 2 is 1.82 bits per heavy atom. The fourth-order valence-electron chi connectivity index (χ4n) is 2.46. The van der Waals surface area contributed by atoms with Gasteiger partial charge in [0.15, 0.2) is 6.29 Å². The smallest absolute Gasteiger partial charge is 0.309 e. The molecule has 2 rings (SSSR count). The largest absolute Gasteiger partial charge is 0.359 e. The number of sulfonamides is 1. The predicted octanol–water partition coefficient (Wildman–Crippen LogP) is -0.353. The molecule has 156 valence electrons. The third-order valence-electron chi connectivity index (χ3n) is 3.96. The molecule has 1 saturated heterocycles. The van der Waals surface area contributed by atoms with Gasteiger partial charge in [0.2, 0.25) is 10.0 Å². The zero-order chi connectivity index (χ0) is 20.7. The molecule has 1 aliphatic heterocycles. The number of carbonyl (C=O) groups is 2. The SMILES string of the molecule is COC(CNC(=O)C(=O)NC[C@H]1OCCN1S(=O)(=O)c1ccc(Br)cc1)OC. The van der Waals surface area contributed by atoms with Crippen LogP contribution in [0.5, 0.6) is 0 Å². The Morgan fingerprint density at radius 1 is 1.21 bits per heavy atom. The van der Waals surface area contributed by atoms with Crippen LogP contribution in [0.3, 0.4) is 0 Å². The van der Waals surface area contributed by atoms with Crippen LogP contribution in [-0.2, 0) is 33.8 Å². The van der Waals surface area contributed by atoms with Crippen molar-refractivity contribution in [1.29, 1.82) is 0 Å². The van der Waals surface area contributed by atoms with Gasteiger partial charge in [0.25, 0.3) is 0 Å². The van der Waals surface area contributed by atoms with Crippen molar-refractivity contribution >= 4 is 37.8 Å². The minimum absolute atomic E-state index is 0.0107. The van der Waals surface area contributed by atoms with Crippen LogP contribution in [0.25, 0.3) is 0 Å². The normalized spacial score (nSPS) is 17.6. The molecule has 0 saturated carbocycles. The minimum Gasteiger partial charge on any atom is -0.359 e. The molecule has 1 atom stereocenters. The molecule has 12 heteroatoms. The minimum atomic E-state index is -3.80. The monoisotopic (exact) mass is 479 g/mol. The Morgan fingerprint density at radius 3 is 2.43 bits per heavy atom. The summed E-state index contributed by atoms with van der Waals surface area (Å²) in [6.45, 7) is 0.156. The van der Waals surface area contributed by atoms with E-state index in [0.29, 0.717) is 0 Å². The number of hydrogen-bond donors (Lipinski definition) is 2. The highest BCUT2D eigenvalue weighted by molar-refractivity contribution is 9.10. The number of carbonyl (C=O) groups excluding carboxylic acids is 2. The van der Waals surface area contributed by atoms with Crippen molar-refractivity contribution in [3.63, 3.8) is 0 Å². The van der Waals surface area contributed by atoms with Crippen LogP contribution in [0.4, 0.5) is 0 Å². The van der Waals surface area contributed by atoms with Crippen molar-refractivity contribution in [3.8, 4) is 0 Å². The van der Waals surface area contributed by atoms with Gasteiger partial charge in [-0.1, -0.05) is 15.9 Å². The van der Waals surface area contributed by atoms with E-state index in [9.17, 15) is 18.0 Å². The van der Waals surface area contributed by atoms with E-state index in [-0.39, 0.29) is 31.1 Å². The van der Waals surface area contributed by atoms with Gasteiger partial charge in [-0.25, -0.2) is 8.42 Å². The molecule has 28 heavy (non-hydrogen) atoms. The third kappa shape index (κ3) is 5.72. The number of methoxy groups -OCH3 is 2. The fourth-order valence-corrected chi connectivity index (χ4v) is 4.24. The van der Waals surface area contributed by atoms with Crippen LogP contribution in [-0.4, -0.2) is 77.5 Å². The number of rotatable bonds is 8. The van der Waals surface area contributed by atoms with E-state index in [2.05, 4.69) is 26.6 Å². The van der Waals surface area contributed by atoms with Gasteiger partial charge >= 0.3 is 11.8 Å². The second-order valence-corrected chi connectivity index (χ2v) is 8.52. The summed E-state index contributed by atoms with van der Waals surface area (Å²) in [6.07, 6.45) is -1.59. The predicted molar refractivity (Wildman–Crippen MR) is 102 cm³/mol. The van der Waals surface area contributed by atoms with E-state index in [4.69, 9.17) is 14.2 Å². The maximum absolute atomic E-state index is 12.8. The number of ether oxygens (including phenoxy) is 3. The van der Waals surface area contributed by atoms with Gasteiger partial charge in [-0.05, 0) is 24.3 Å². The fraction of sp³-hybridized carbons (Fsp3) is 0.500. The van der Waals surface area contributed by atoms with Gasteiger partial charge in [-0.15, -0.1) is 0 Å². The number of amides is 2. The van der Waals surface area contributed by atoms with Gasteiger partial charge in [-0.2, -0.15) is 4.31 Å². The summed E-state index contributed by atoms with van der Waals surface area (Å²) in [5.41, 5.74) is 0. The van der Waals surface area contributed by atoms with Crippen molar-refractivity contribution in [3.05, 3.63) is 28.7 Å². The lowest BCUT2D eigenvalue weighted by atomic mass is 10.4. The van der Waals surface area contributed by atoms with Gasteiger partial charge < -0.3 is 24.8 Å². The summed E-state index contributed by atoms with van der Waals surface area (Å²) in [5, 5.41) is 4.73. The number of benzene rings is 1. The Bertz CT molecular complexity index is 784. The van der Waals surface area contributed by atoms with Crippen LogP contribution in [0.2, 0.25) is 0 Å². The molecule has 1 aromatic carbocycles. The van der Waals surface area contributed by atoms with Crippen LogP contribution >= 0.6 is 15.9 Å². The molecule has 2 N–H and O–H groups in total. The highest BCUT2D eigenvalue weighted by atomic mass is 79.9. The molecule has 1 aliphatic rings. The van der Waals surface area contributed by atoms with Crippen LogP contribution in [0, 0.1) is 0 Å². The number of nitrogens with zero attached hydrogens (tertiary/aromatic N) is 1. The second kappa shape index (κ2) is 10.3. The molecule has 0 spiro atoms. The number of nitrogens with one attached hydrogen (secondary N) is 2. The highest BCUT2D eigenvalue weighted by Crippen LogP contribution is 2.23. The molecule has 0 bridgehead atoms. The van der Waals surface area contributed by atoms with Crippen LogP contribution < -0.4 is 10.6 Å². The van der Waals surface area contributed by atoms with E-state index < -0.39 is 34.4 Å². The molecule has 2 amide bonds. The standard InChI is InChI=1S/C16H22BrN3O7S/c1-25-14(26-2)10-19-16(22)15(21)18-9-13-20(7-8-27-13)28(23,24)12-5-3-11(17)4-6-12/h3-6,13-14H,7-10H2,1-2H3,(H,18,21)(H,19,22)/t13-/m1/s1. The average Bonchev–Trinajstić information content (AvgIpc) is 3.16. The second-order valence-electron chi connectivity index (χ2n) is 5.72. The summed E-state index contributed by atoms with van der Waals surface area (Å²) in [6, 6.07) is 6.20. The summed E-state index contributed by atoms with van der Waals surface area (Å²) in [5.74, 6) is -1.80. The van der Waals surface area contributed by atoms with Crippen molar-refractivity contribution in [2.24, 2.45) is 0 Å². The van der Waals surface area contributed by atoms with E-state index in [0.717, 1.165) is 8.78 Å². The molecule has 1 heterocycles. The molecule has 1 aromatic rings. The lowest BCUT2D eigenvalue weighted by Crippen LogP contribution is -2.48. The molecule has 0 aliphatic carbocycles. The van der Waals surface area contributed by atoms with Crippen LogP contribution in [0.15, 0.2) is 33.6 Å². The summed E-state index contributed by atoms with van der Waals surface area (Å²) in [4.78, 5) is 23.8. The average molecular weight is 480 g/mol. The quantitative estimate of drug-likeness (QED) is 0.385. The number of halogens is 1. The van der Waals surface area contributed by atoms with Gasteiger partial charge in [-0.3, -0.25) is 9.59 Å². The zero-order valence-corrected chi connectivity index (χ0v) is 17.8. The lowest BCUT2D eigenvalue weighted by molar-refractivity contribution is -0.142. The highest BCUT2D eigenvalue weighted by Gasteiger charge is 2.36. The van der Waals surface area contributed by atoms with E-state index in [1.165, 1.54) is 26.4 Å². The van der Waals surface area contributed by atoms with Gasteiger partial charge in [0.1, 0.15) is 6.23 Å². The Labute approximate surface area is 171 Å². The van der Waals surface area contributed by atoms with Gasteiger partial charge in [0.05, 0.1) is 24.6 Å². The summed E-state index contributed by atoms with van der Waals surface area (Å²) in [7, 11) is -0.996. The van der Waals surface area contributed by atoms with E-state index in [1.807, 2.05) is 0 Å². The zero-order valence-electron chi connectivity index (χ0n) is 15.4. The van der Waals surface area contributed by atoms with Crippen molar-refractivity contribution in [2.75, 3.05) is 40.5 Å². The van der Waals surface area contributed by atoms with Crippen molar-refractivity contribution in [2.45, 2.75) is 17.4 Å². The lowest BCUT2D eigenvalue weighted by Gasteiger charge is -2.23. The molecule has 0 radical (unpaired) electrons. The first kappa shape index (κ1) is 22.7. The molecular weight excluding hydrogens is 458 g/mol. The van der Waals surface area contributed by atoms with E-state index >= 15 is 0 Å². The first-order valence-electron chi connectivity index (χ1n) is 8.30. The maximum atomic E-state index is 12.8. The first-order valence-corrected chi connectivity index (χ1v) is 10.5. The third-order valence-corrected chi connectivity index (χ3v) is 6.39. The number of hydrogen-bond acceptors (Lipinski definition) is 7.